The number of benzene rings is 1. The quantitative estimate of drug-likeness (QED) is 0.452. The van der Waals surface area contributed by atoms with Crippen molar-refractivity contribution in [3.05, 3.63) is 29.4 Å². The third-order valence-corrected chi connectivity index (χ3v) is 7.60. The Morgan fingerprint density at radius 3 is 2.71 bits per heavy atom. The van der Waals surface area contributed by atoms with E-state index in [1.165, 1.54) is 0 Å². The molecule has 0 unspecified atom stereocenters. The number of carbonyl (C=O) groups excluding carboxylic acids is 1. The highest BCUT2D eigenvalue weighted by Gasteiger charge is 2.24. The predicted molar refractivity (Wildman–Crippen MR) is 134 cm³/mol. The molecule has 35 heavy (non-hydrogen) atoms. The van der Waals surface area contributed by atoms with Crippen LogP contribution in [0.5, 0.6) is 0 Å². The van der Waals surface area contributed by atoms with Crippen LogP contribution in [0.25, 0.3) is 32.5 Å². The highest BCUT2D eigenvalue weighted by atomic mass is 32.1. The van der Waals surface area contributed by atoms with E-state index in [9.17, 15) is 4.79 Å². The Kier molecular flexibility index (Phi) is 6.05. The monoisotopic (exact) mass is 493 g/mol. The summed E-state index contributed by atoms with van der Waals surface area (Å²) in [6.07, 6.45) is 4.00. The Morgan fingerprint density at radius 1 is 1.11 bits per heavy atom. The lowest BCUT2D eigenvalue weighted by Crippen LogP contribution is -2.37. The second-order valence-corrected chi connectivity index (χ2v) is 9.90. The SMILES string of the molecule is CNC(=O)Cc1nc2cc(-c3nc(N4CCOCC4)nc4c3cnn4C3CCOCC3)ccc2s1. The third-order valence-electron chi connectivity index (χ3n) is 6.57. The summed E-state index contributed by atoms with van der Waals surface area (Å²) in [5.74, 6) is 0.653. The Balaban J connectivity index is 1.46. The molecule has 1 aromatic carbocycles. The van der Waals surface area contributed by atoms with Gasteiger partial charge in [-0.15, -0.1) is 11.3 Å². The van der Waals surface area contributed by atoms with Gasteiger partial charge >= 0.3 is 0 Å². The van der Waals surface area contributed by atoms with Gasteiger partial charge in [0.25, 0.3) is 0 Å². The maximum absolute atomic E-state index is 11.8. The van der Waals surface area contributed by atoms with Crippen LogP contribution in [-0.4, -0.2) is 77.2 Å². The zero-order valence-corrected chi connectivity index (χ0v) is 20.4. The summed E-state index contributed by atoms with van der Waals surface area (Å²) in [6, 6.07) is 6.44. The summed E-state index contributed by atoms with van der Waals surface area (Å²) in [7, 11) is 1.64. The van der Waals surface area contributed by atoms with E-state index in [1.54, 1.807) is 18.4 Å². The van der Waals surface area contributed by atoms with E-state index in [1.807, 2.05) is 6.20 Å². The van der Waals surface area contributed by atoms with E-state index in [0.717, 1.165) is 76.7 Å². The summed E-state index contributed by atoms with van der Waals surface area (Å²) >= 11 is 1.54. The number of morpholine rings is 1. The number of amides is 1. The Hall–Kier alpha value is -3.15. The van der Waals surface area contributed by atoms with Crippen molar-refractivity contribution in [3.8, 4) is 11.3 Å². The number of nitrogens with zero attached hydrogens (tertiary/aromatic N) is 6. The number of hydrogen-bond acceptors (Lipinski definition) is 9. The van der Waals surface area contributed by atoms with Crippen LogP contribution >= 0.6 is 11.3 Å². The lowest BCUT2D eigenvalue weighted by atomic mass is 10.1. The van der Waals surface area contributed by atoms with Crippen molar-refractivity contribution in [1.29, 1.82) is 0 Å². The molecule has 0 bridgehead atoms. The van der Waals surface area contributed by atoms with Gasteiger partial charge in [0, 0.05) is 38.9 Å². The Labute approximate surface area is 206 Å². The number of anilines is 1. The number of hydrogen-bond donors (Lipinski definition) is 1. The van der Waals surface area contributed by atoms with E-state index in [0.29, 0.717) is 19.2 Å². The van der Waals surface area contributed by atoms with Crippen molar-refractivity contribution >= 4 is 44.4 Å². The van der Waals surface area contributed by atoms with Crippen LogP contribution in [0.15, 0.2) is 24.4 Å². The number of aromatic nitrogens is 5. The van der Waals surface area contributed by atoms with Gasteiger partial charge in [-0.1, -0.05) is 6.07 Å². The lowest BCUT2D eigenvalue weighted by molar-refractivity contribution is -0.119. The molecule has 0 radical (unpaired) electrons. The summed E-state index contributed by atoms with van der Waals surface area (Å²) in [6.45, 7) is 4.30. The van der Waals surface area contributed by atoms with Crippen molar-refractivity contribution in [3.63, 3.8) is 0 Å². The summed E-state index contributed by atoms with van der Waals surface area (Å²) < 4.78 is 14.2. The van der Waals surface area contributed by atoms with Gasteiger partial charge < -0.3 is 19.7 Å². The fourth-order valence-corrected chi connectivity index (χ4v) is 5.61. The second-order valence-electron chi connectivity index (χ2n) is 8.78. The largest absolute Gasteiger partial charge is 0.381 e. The van der Waals surface area contributed by atoms with Crippen LogP contribution < -0.4 is 10.2 Å². The number of nitrogens with one attached hydrogen (secondary N) is 1. The number of carbonyl (C=O) groups is 1. The summed E-state index contributed by atoms with van der Waals surface area (Å²) in [5, 5.41) is 9.14. The molecule has 11 heteroatoms. The number of likely N-dealkylation sites (N-methyl/N-ethyl adjacent to an activating group) is 1. The molecule has 3 aromatic heterocycles. The smallest absolute Gasteiger partial charge is 0.228 e. The molecule has 0 aliphatic carbocycles. The molecule has 6 rings (SSSR count). The minimum atomic E-state index is -0.0440. The van der Waals surface area contributed by atoms with E-state index in [-0.39, 0.29) is 18.4 Å². The van der Waals surface area contributed by atoms with Gasteiger partial charge in [0.1, 0.15) is 5.01 Å². The molecule has 4 aromatic rings. The molecule has 2 aliphatic heterocycles. The first kappa shape index (κ1) is 22.3. The minimum Gasteiger partial charge on any atom is -0.381 e. The molecule has 2 fully saturated rings. The van der Waals surface area contributed by atoms with Crippen LogP contribution in [-0.2, 0) is 20.7 Å². The van der Waals surface area contributed by atoms with E-state index in [4.69, 9.17) is 29.5 Å². The van der Waals surface area contributed by atoms with Crippen LogP contribution in [0.4, 0.5) is 5.95 Å². The normalized spacial score (nSPS) is 17.3. The highest BCUT2D eigenvalue weighted by molar-refractivity contribution is 7.18. The zero-order chi connectivity index (χ0) is 23.8. The summed E-state index contributed by atoms with van der Waals surface area (Å²) in [4.78, 5) is 28.7. The third kappa shape index (κ3) is 4.35. The van der Waals surface area contributed by atoms with Gasteiger partial charge in [-0.25, -0.2) is 14.6 Å². The standard InChI is InChI=1S/C24H27N7O3S/c1-25-20(32)13-21-27-18-12-15(2-3-19(18)35-21)22-17-14-26-31(16-4-8-33-9-5-16)23(17)29-24(28-22)30-6-10-34-11-7-30/h2-3,12,14,16H,4-11,13H2,1H3,(H,25,32). The molecule has 5 heterocycles. The average Bonchev–Trinajstić information content (AvgIpc) is 3.52. The maximum Gasteiger partial charge on any atom is 0.228 e. The highest BCUT2D eigenvalue weighted by Crippen LogP contribution is 2.34. The summed E-state index contributed by atoms with van der Waals surface area (Å²) in [5.41, 5.74) is 3.52. The van der Waals surface area contributed by atoms with Crippen molar-refractivity contribution < 1.29 is 14.3 Å². The fraction of sp³-hybridized carbons (Fsp3) is 0.458. The molecule has 0 saturated carbocycles. The van der Waals surface area contributed by atoms with Crippen molar-refractivity contribution in [2.45, 2.75) is 25.3 Å². The average molecular weight is 494 g/mol. The second kappa shape index (κ2) is 9.48. The van der Waals surface area contributed by atoms with Gasteiger partial charge in [-0.05, 0) is 25.0 Å². The number of rotatable bonds is 5. The first-order chi connectivity index (χ1) is 17.2. The molecule has 1 amide bonds. The van der Waals surface area contributed by atoms with Crippen molar-refractivity contribution in [2.75, 3.05) is 51.5 Å². The predicted octanol–water partition coefficient (Wildman–Crippen LogP) is 2.58. The molecule has 1 N–H and O–H groups in total. The maximum atomic E-state index is 11.8. The fourth-order valence-electron chi connectivity index (χ4n) is 4.66. The van der Waals surface area contributed by atoms with Crippen LogP contribution in [0, 0.1) is 0 Å². The van der Waals surface area contributed by atoms with Crippen LogP contribution in [0.2, 0.25) is 0 Å². The van der Waals surface area contributed by atoms with Crippen molar-refractivity contribution in [2.24, 2.45) is 0 Å². The van der Waals surface area contributed by atoms with E-state index >= 15 is 0 Å². The van der Waals surface area contributed by atoms with Gasteiger partial charge in [-0.2, -0.15) is 10.1 Å². The molecule has 182 valence electrons. The number of thiazole rings is 1. The van der Waals surface area contributed by atoms with E-state index < -0.39 is 0 Å². The van der Waals surface area contributed by atoms with Crippen molar-refractivity contribution in [1.82, 2.24) is 30.0 Å². The van der Waals surface area contributed by atoms with Gasteiger partial charge in [0.15, 0.2) is 5.65 Å². The van der Waals surface area contributed by atoms with Gasteiger partial charge in [-0.3, -0.25) is 4.79 Å². The first-order valence-corrected chi connectivity index (χ1v) is 12.8. The lowest BCUT2D eigenvalue weighted by Gasteiger charge is -2.27. The molecule has 10 nitrogen and oxygen atoms in total. The minimum absolute atomic E-state index is 0.0440. The number of fused-ring (bicyclic) bond motifs is 2. The van der Waals surface area contributed by atoms with Gasteiger partial charge in [0.2, 0.25) is 11.9 Å². The van der Waals surface area contributed by atoms with Gasteiger partial charge in [0.05, 0.1) is 53.2 Å². The van der Waals surface area contributed by atoms with Crippen LogP contribution in [0.3, 0.4) is 0 Å². The molecular formula is C24H27N7O3S. The molecular weight excluding hydrogens is 466 g/mol. The molecule has 2 aliphatic rings. The molecule has 2 saturated heterocycles. The Morgan fingerprint density at radius 2 is 1.91 bits per heavy atom. The molecule has 0 atom stereocenters. The van der Waals surface area contributed by atoms with E-state index in [2.05, 4.69) is 33.1 Å². The first-order valence-electron chi connectivity index (χ1n) is 12.0. The Bertz CT molecular complexity index is 1370. The number of ether oxygens (including phenoxy) is 2. The topological polar surface area (TPSA) is 107 Å². The zero-order valence-electron chi connectivity index (χ0n) is 19.6. The molecule has 0 spiro atoms. The van der Waals surface area contributed by atoms with Crippen LogP contribution in [0.1, 0.15) is 23.9 Å².